The molecule has 0 saturated heterocycles. The van der Waals surface area contributed by atoms with Crippen molar-refractivity contribution in [2.24, 2.45) is 0 Å². The zero-order chi connectivity index (χ0) is 17.5. The van der Waals surface area contributed by atoms with Crippen molar-refractivity contribution < 1.29 is 23.1 Å². The Kier molecular flexibility index (Phi) is 4.34. The maximum atomic E-state index is 12.5. The van der Waals surface area contributed by atoms with Crippen LogP contribution >= 0.6 is 0 Å². The number of benzene rings is 1. The molecule has 0 bridgehead atoms. The molecule has 2 N–H and O–H groups in total. The number of carboxylic acid groups (broad SMARTS) is 1. The highest BCUT2D eigenvalue weighted by molar-refractivity contribution is 7.89. The first kappa shape index (κ1) is 17.2. The lowest BCUT2D eigenvalue weighted by Gasteiger charge is -2.21. The fourth-order valence-corrected chi connectivity index (χ4v) is 4.85. The van der Waals surface area contributed by atoms with Crippen LogP contribution in [0.4, 0.5) is 0 Å². The minimum absolute atomic E-state index is 0.0343. The minimum Gasteiger partial charge on any atom is -0.489 e. The molecule has 24 heavy (non-hydrogen) atoms. The Balaban J connectivity index is 1.89. The molecule has 0 spiro atoms. The molecule has 0 amide bonds. The Bertz CT molecular complexity index is 756. The number of carboxylic acids is 1. The summed E-state index contributed by atoms with van der Waals surface area (Å²) < 4.78 is 33.2. The Morgan fingerprint density at radius 1 is 1.25 bits per heavy atom. The summed E-state index contributed by atoms with van der Waals surface area (Å²) in [5.41, 5.74) is -0.511. The molecule has 1 heterocycles. The highest BCUT2D eigenvalue weighted by atomic mass is 32.2. The second-order valence-corrected chi connectivity index (χ2v) is 8.82. The van der Waals surface area contributed by atoms with E-state index < -0.39 is 21.5 Å². The van der Waals surface area contributed by atoms with Gasteiger partial charge in [-0.05, 0) is 39.2 Å². The van der Waals surface area contributed by atoms with Crippen molar-refractivity contribution in [2.45, 2.75) is 68.4 Å². The summed E-state index contributed by atoms with van der Waals surface area (Å²) in [4.78, 5) is 11.2. The lowest BCUT2D eigenvalue weighted by molar-refractivity contribution is -0.142. The molecule has 1 aromatic rings. The largest absolute Gasteiger partial charge is 0.489 e. The Labute approximate surface area is 142 Å². The Morgan fingerprint density at radius 3 is 2.67 bits per heavy atom. The molecule has 2 aliphatic rings. The Morgan fingerprint density at radius 2 is 1.96 bits per heavy atom. The maximum absolute atomic E-state index is 12.5. The predicted molar refractivity (Wildman–Crippen MR) is 88.7 cm³/mol. The standard InChI is InChI=1S/C17H23NO5S/c1-17(2,16(19)20)18-24(21,22)11-8-9-13-12-6-4-3-5-7-14(12)23-15(13)10-11/h8-10,12,14,18H,3-7H2,1-2H3,(H,19,20). The van der Waals surface area contributed by atoms with Crippen molar-refractivity contribution >= 4 is 16.0 Å². The van der Waals surface area contributed by atoms with Crippen LogP contribution in [0, 0.1) is 0 Å². The van der Waals surface area contributed by atoms with Crippen LogP contribution in [0.1, 0.15) is 57.4 Å². The molecule has 1 aliphatic heterocycles. The number of hydrogen-bond donors (Lipinski definition) is 2. The van der Waals surface area contributed by atoms with Crippen LogP contribution in [-0.4, -0.2) is 31.1 Å². The number of aliphatic carboxylic acids is 1. The van der Waals surface area contributed by atoms with Gasteiger partial charge in [0.15, 0.2) is 0 Å². The predicted octanol–water partition coefficient (Wildman–Crippen LogP) is 2.64. The summed E-state index contributed by atoms with van der Waals surface area (Å²) in [5, 5.41) is 9.12. The highest BCUT2D eigenvalue weighted by Crippen LogP contribution is 2.45. The van der Waals surface area contributed by atoms with Gasteiger partial charge in [0, 0.05) is 17.5 Å². The summed E-state index contributed by atoms with van der Waals surface area (Å²) in [6, 6.07) is 4.87. The van der Waals surface area contributed by atoms with Crippen molar-refractivity contribution in [3.05, 3.63) is 23.8 Å². The molecule has 3 rings (SSSR count). The van der Waals surface area contributed by atoms with Crippen LogP contribution in [0.15, 0.2) is 23.1 Å². The molecule has 7 heteroatoms. The normalized spacial score (nSPS) is 23.8. The maximum Gasteiger partial charge on any atom is 0.324 e. The number of fused-ring (bicyclic) bond motifs is 3. The van der Waals surface area contributed by atoms with Crippen LogP contribution in [0.5, 0.6) is 5.75 Å². The fourth-order valence-electron chi connectivity index (χ4n) is 3.46. The number of carbonyl (C=O) groups is 1. The van der Waals surface area contributed by atoms with E-state index in [0.29, 0.717) is 11.7 Å². The molecule has 1 aliphatic carbocycles. The van der Waals surface area contributed by atoms with Crippen molar-refractivity contribution in [1.82, 2.24) is 4.72 Å². The van der Waals surface area contributed by atoms with Crippen LogP contribution in [-0.2, 0) is 14.8 Å². The molecule has 1 saturated carbocycles. The van der Waals surface area contributed by atoms with Crippen LogP contribution in [0.2, 0.25) is 0 Å². The fraction of sp³-hybridized carbons (Fsp3) is 0.588. The molecule has 2 unspecified atom stereocenters. The zero-order valence-corrected chi connectivity index (χ0v) is 14.7. The summed E-state index contributed by atoms with van der Waals surface area (Å²) in [7, 11) is -3.94. The van der Waals surface area contributed by atoms with E-state index in [9.17, 15) is 13.2 Å². The monoisotopic (exact) mass is 353 g/mol. The molecule has 6 nitrogen and oxygen atoms in total. The van der Waals surface area contributed by atoms with Crippen molar-refractivity contribution in [3.8, 4) is 5.75 Å². The van der Waals surface area contributed by atoms with E-state index in [2.05, 4.69) is 4.72 Å². The smallest absolute Gasteiger partial charge is 0.324 e. The van der Waals surface area contributed by atoms with Gasteiger partial charge < -0.3 is 9.84 Å². The third-order valence-corrected chi connectivity index (χ3v) is 6.50. The summed E-state index contributed by atoms with van der Waals surface area (Å²) in [5.74, 6) is -0.281. The average Bonchev–Trinajstić information content (AvgIpc) is 2.67. The second-order valence-electron chi connectivity index (χ2n) is 7.14. The average molecular weight is 353 g/mol. The number of hydrogen-bond acceptors (Lipinski definition) is 4. The van der Waals surface area contributed by atoms with Gasteiger partial charge in [-0.15, -0.1) is 0 Å². The van der Waals surface area contributed by atoms with Crippen molar-refractivity contribution in [2.75, 3.05) is 0 Å². The van der Waals surface area contributed by atoms with Gasteiger partial charge in [-0.25, -0.2) is 8.42 Å². The summed E-state index contributed by atoms with van der Waals surface area (Å²) in [6.45, 7) is 2.63. The molecule has 1 aromatic carbocycles. The third kappa shape index (κ3) is 3.15. The molecule has 2 atom stereocenters. The van der Waals surface area contributed by atoms with Crippen molar-refractivity contribution in [1.29, 1.82) is 0 Å². The van der Waals surface area contributed by atoms with E-state index >= 15 is 0 Å². The first-order valence-corrected chi connectivity index (χ1v) is 9.77. The summed E-state index contributed by atoms with van der Waals surface area (Å²) >= 11 is 0. The second kappa shape index (κ2) is 6.04. The van der Waals surface area contributed by atoms with E-state index in [1.807, 2.05) is 6.07 Å². The zero-order valence-electron chi connectivity index (χ0n) is 13.9. The van der Waals surface area contributed by atoms with Crippen molar-refractivity contribution in [3.63, 3.8) is 0 Å². The van der Waals surface area contributed by atoms with E-state index in [1.54, 1.807) is 0 Å². The van der Waals surface area contributed by atoms with E-state index in [1.165, 1.54) is 38.8 Å². The van der Waals surface area contributed by atoms with Gasteiger partial charge in [0.05, 0.1) is 4.90 Å². The van der Waals surface area contributed by atoms with Gasteiger partial charge in [-0.1, -0.05) is 18.9 Å². The summed E-state index contributed by atoms with van der Waals surface area (Å²) in [6.07, 6.45) is 5.70. The molecule has 1 fully saturated rings. The van der Waals surface area contributed by atoms with Gasteiger partial charge >= 0.3 is 5.97 Å². The lowest BCUT2D eigenvalue weighted by atomic mass is 9.91. The van der Waals surface area contributed by atoms with E-state index in [4.69, 9.17) is 9.84 Å². The quantitative estimate of drug-likeness (QED) is 0.868. The molecule has 0 aromatic heterocycles. The molecular formula is C17H23NO5S. The lowest BCUT2D eigenvalue weighted by Crippen LogP contribution is -2.49. The topological polar surface area (TPSA) is 92.7 Å². The van der Waals surface area contributed by atoms with Crippen LogP contribution < -0.4 is 9.46 Å². The van der Waals surface area contributed by atoms with Gasteiger partial charge in [-0.2, -0.15) is 4.72 Å². The van der Waals surface area contributed by atoms with E-state index in [0.717, 1.165) is 24.8 Å². The van der Waals surface area contributed by atoms with Gasteiger partial charge in [0.1, 0.15) is 17.4 Å². The van der Waals surface area contributed by atoms with Crippen LogP contribution in [0.3, 0.4) is 0 Å². The van der Waals surface area contributed by atoms with Gasteiger partial charge in [0.2, 0.25) is 10.0 Å². The van der Waals surface area contributed by atoms with Crippen LogP contribution in [0.25, 0.3) is 0 Å². The number of nitrogens with one attached hydrogen (secondary N) is 1. The first-order chi connectivity index (χ1) is 11.2. The molecule has 132 valence electrons. The molecular weight excluding hydrogens is 330 g/mol. The van der Waals surface area contributed by atoms with E-state index in [-0.39, 0.29) is 11.0 Å². The number of ether oxygens (including phenoxy) is 1. The first-order valence-electron chi connectivity index (χ1n) is 8.29. The highest BCUT2D eigenvalue weighted by Gasteiger charge is 2.37. The number of sulfonamides is 1. The van der Waals surface area contributed by atoms with Gasteiger partial charge in [0.25, 0.3) is 0 Å². The number of rotatable bonds is 4. The Hall–Kier alpha value is -1.60. The minimum atomic E-state index is -3.94. The van der Waals surface area contributed by atoms with Gasteiger partial charge in [-0.3, -0.25) is 4.79 Å². The third-order valence-electron chi connectivity index (χ3n) is 4.85. The SMILES string of the molecule is CC(C)(NS(=O)(=O)c1ccc2c(c1)OC1CCCCCC21)C(=O)O. The molecule has 0 radical (unpaired) electrons.